The summed E-state index contributed by atoms with van der Waals surface area (Å²) in [5.74, 6) is 0.347. The van der Waals surface area contributed by atoms with E-state index in [-0.39, 0.29) is 11.7 Å². The number of benzene rings is 2. The van der Waals surface area contributed by atoms with Gasteiger partial charge in [0.15, 0.2) is 5.78 Å². The fraction of sp³-hybridized carbons (Fsp3) is 0.0952. The van der Waals surface area contributed by atoms with Gasteiger partial charge in [-0.05, 0) is 37.3 Å². The topological polar surface area (TPSA) is 62.3 Å². The van der Waals surface area contributed by atoms with Crippen molar-refractivity contribution in [2.45, 2.75) is 13.1 Å². The Morgan fingerprint density at radius 3 is 2.67 bits per heavy atom. The number of nitrogens with one attached hydrogen (secondary N) is 1. The lowest BCUT2D eigenvalue weighted by atomic mass is 10.1. The van der Waals surface area contributed by atoms with Crippen LogP contribution in [0.5, 0.6) is 0 Å². The Kier molecular flexibility index (Phi) is 4.38. The van der Waals surface area contributed by atoms with Crippen molar-refractivity contribution in [3.63, 3.8) is 0 Å². The van der Waals surface area contributed by atoms with Crippen LogP contribution in [0.1, 0.15) is 39.4 Å². The Balaban J connectivity index is 1.77. The second kappa shape index (κ2) is 6.85. The number of anilines is 2. The minimum absolute atomic E-state index is 0.0160. The van der Waals surface area contributed by atoms with Crippen LogP contribution in [0.4, 0.5) is 11.5 Å². The zero-order chi connectivity index (χ0) is 19.0. The van der Waals surface area contributed by atoms with Crippen molar-refractivity contribution in [1.29, 1.82) is 0 Å². The van der Waals surface area contributed by atoms with Crippen LogP contribution < -0.4 is 10.2 Å². The van der Waals surface area contributed by atoms with E-state index in [2.05, 4.69) is 10.3 Å². The number of amides is 1. The van der Waals surface area contributed by atoms with Gasteiger partial charge in [-0.1, -0.05) is 41.9 Å². The van der Waals surface area contributed by atoms with Gasteiger partial charge in [0, 0.05) is 28.6 Å². The van der Waals surface area contributed by atoms with Crippen LogP contribution >= 0.6 is 11.6 Å². The fourth-order valence-electron chi connectivity index (χ4n) is 3.19. The molecule has 2 heterocycles. The normalized spacial score (nSPS) is 15.6. The third-order valence-electron chi connectivity index (χ3n) is 4.49. The molecule has 1 N–H and O–H groups in total. The summed E-state index contributed by atoms with van der Waals surface area (Å²) in [6.45, 7) is 1.53. The van der Waals surface area contributed by atoms with Crippen molar-refractivity contribution < 1.29 is 9.59 Å². The Hall–Kier alpha value is -3.18. The second-order valence-corrected chi connectivity index (χ2v) is 6.72. The van der Waals surface area contributed by atoms with Crippen molar-refractivity contribution in [2.24, 2.45) is 0 Å². The number of rotatable bonds is 4. The van der Waals surface area contributed by atoms with Crippen molar-refractivity contribution >= 4 is 34.8 Å². The molecule has 1 aromatic heterocycles. The largest absolute Gasteiger partial charge is 0.361 e. The summed E-state index contributed by atoms with van der Waals surface area (Å²) in [4.78, 5) is 30.6. The van der Waals surface area contributed by atoms with Crippen molar-refractivity contribution in [3.05, 3.63) is 88.6 Å². The van der Waals surface area contributed by atoms with Crippen LogP contribution in [0.2, 0.25) is 5.02 Å². The number of fused-ring (bicyclic) bond motifs is 1. The number of Topliss-reactive ketones (excluding diaryl/α,β-unsaturated/α-hetero) is 1. The van der Waals surface area contributed by atoms with E-state index in [1.54, 1.807) is 35.2 Å². The van der Waals surface area contributed by atoms with Crippen LogP contribution in [0.15, 0.2) is 66.9 Å². The summed E-state index contributed by atoms with van der Waals surface area (Å²) in [5, 5.41) is 3.87. The predicted octanol–water partition coefficient (Wildman–Crippen LogP) is 4.71. The third-order valence-corrected chi connectivity index (χ3v) is 4.72. The first-order chi connectivity index (χ1) is 13.0. The van der Waals surface area contributed by atoms with Crippen LogP contribution in [0, 0.1) is 0 Å². The maximum absolute atomic E-state index is 13.0. The number of carbonyl (C=O) groups is 2. The highest BCUT2D eigenvalue weighted by molar-refractivity contribution is 6.30. The van der Waals surface area contributed by atoms with Gasteiger partial charge in [-0.2, -0.15) is 0 Å². The SMILES string of the molecule is CC(=O)c1cccc(N[C@H]2c3ccccc3C(=O)N2c2ccc(Cl)cn2)c1. The van der Waals surface area contributed by atoms with Gasteiger partial charge in [-0.3, -0.25) is 14.5 Å². The van der Waals surface area contributed by atoms with E-state index in [1.165, 1.54) is 13.1 Å². The molecule has 1 atom stereocenters. The summed E-state index contributed by atoms with van der Waals surface area (Å²) in [6, 6.07) is 18.1. The minimum Gasteiger partial charge on any atom is -0.361 e. The average Bonchev–Trinajstić information content (AvgIpc) is 2.95. The number of ketones is 1. The molecule has 0 bridgehead atoms. The maximum atomic E-state index is 13.0. The Bertz CT molecular complexity index is 1030. The molecule has 0 fully saturated rings. The summed E-state index contributed by atoms with van der Waals surface area (Å²) >= 11 is 5.94. The molecular formula is C21H16ClN3O2. The highest BCUT2D eigenvalue weighted by atomic mass is 35.5. The number of aromatic nitrogens is 1. The fourth-order valence-corrected chi connectivity index (χ4v) is 3.30. The minimum atomic E-state index is -0.440. The molecule has 1 aliphatic heterocycles. The van der Waals surface area contributed by atoms with Crippen LogP contribution in [0.3, 0.4) is 0 Å². The van der Waals surface area contributed by atoms with Gasteiger partial charge in [0.2, 0.25) is 0 Å². The highest BCUT2D eigenvalue weighted by Gasteiger charge is 2.38. The Morgan fingerprint density at radius 1 is 1.11 bits per heavy atom. The third kappa shape index (κ3) is 3.17. The van der Waals surface area contributed by atoms with E-state index in [0.29, 0.717) is 22.0 Å². The monoisotopic (exact) mass is 377 g/mol. The Labute approximate surface area is 161 Å². The molecule has 4 rings (SSSR count). The lowest BCUT2D eigenvalue weighted by molar-refractivity contribution is 0.0989. The number of pyridine rings is 1. The van der Waals surface area contributed by atoms with E-state index in [9.17, 15) is 9.59 Å². The molecule has 0 aliphatic carbocycles. The summed E-state index contributed by atoms with van der Waals surface area (Å²) in [6.07, 6.45) is 1.07. The van der Waals surface area contributed by atoms with Crippen molar-refractivity contribution in [3.8, 4) is 0 Å². The van der Waals surface area contributed by atoms with Gasteiger partial charge in [-0.25, -0.2) is 4.98 Å². The lowest BCUT2D eigenvalue weighted by Crippen LogP contribution is -2.32. The molecule has 134 valence electrons. The lowest BCUT2D eigenvalue weighted by Gasteiger charge is -2.26. The number of carbonyl (C=O) groups excluding carboxylic acids is 2. The first kappa shape index (κ1) is 17.2. The molecule has 3 aromatic rings. The zero-order valence-electron chi connectivity index (χ0n) is 14.5. The summed E-state index contributed by atoms with van der Waals surface area (Å²) in [5.41, 5.74) is 2.83. The molecule has 6 heteroatoms. The smallest absolute Gasteiger partial charge is 0.261 e. The predicted molar refractivity (Wildman–Crippen MR) is 105 cm³/mol. The van der Waals surface area contributed by atoms with Crippen LogP contribution in [-0.4, -0.2) is 16.7 Å². The van der Waals surface area contributed by atoms with E-state index in [0.717, 1.165) is 11.3 Å². The van der Waals surface area contributed by atoms with E-state index in [1.807, 2.05) is 30.3 Å². The quantitative estimate of drug-likeness (QED) is 0.669. The van der Waals surface area contributed by atoms with Gasteiger partial charge in [-0.15, -0.1) is 0 Å². The first-order valence-corrected chi connectivity index (χ1v) is 8.84. The summed E-state index contributed by atoms with van der Waals surface area (Å²) < 4.78 is 0. The first-order valence-electron chi connectivity index (χ1n) is 8.46. The molecule has 0 radical (unpaired) electrons. The number of hydrogen-bond donors (Lipinski definition) is 1. The standard InChI is InChI=1S/C21H16ClN3O2/c1-13(26)14-5-4-6-16(11-14)24-20-17-7-2-3-8-18(17)21(27)25(20)19-10-9-15(22)12-23-19/h2-12,20,24H,1H3/t20-/m1/s1. The summed E-state index contributed by atoms with van der Waals surface area (Å²) in [7, 11) is 0. The van der Waals surface area contributed by atoms with E-state index >= 15 is 0 Å². The maximum Gasteiger partial charge on any atom is 0.261 e. The van der Waals surface area contributed by atoms with Gasteiger partial charge < -0.3 is 5.32 Å². The Morgan fingerprint density at radius 2 is 1.93 bits per heavy atom. The molecule has 1 amide bonds. The number of hydrogen-bond acceptors (Lipinski definition) is 4. The zero-order valence-corrected chi connectivity index (χ0v) is 15.3. The average molecular weight is 378 g/mol. The van der Waals surface area contributed by atoms with E-state index in [4.69, 9.17) is 11.6 Å². The van der Waals surface area contributed by atoms with Crippen molar-refractivity contribution in [1.82, 2.24) is 4.98 Å². The molecule has 1 aliphatic rings. The van der Waals surface area contributed by atoms with Crippen LogP contribution in [-0.2, 0) is 0 Å². The van der Waals surface area contributed by atoms with E-state index < -0.39 is 6.17 Å². The molecular weight excluding hydrogens is 362 g/mol. The molecule has 27 heavy (non-hydrogen) atoms. The van der Waals surface area contributed by atoms with Crippen molar-refractivity contribution in [2.75, 3.05) is 10.2 Å². The molecule has 0 saturated carbocycles. The molecule has 2 aromatic carbocycles. The van der Waals surface area contributed by atoms with Gasteiger partial charge >= 0.3 is 0 Å². The van der Waals surface area contributed by atoms with Crippen LogP contribution in [0.25, 0.3) is 0 Å². The highest BCUT2D eigenvalue weighted by Crippen LogP contribution is 2.37. The van der Waals surface area contributed by atoms with Gasteiger partial charge in [0.05, 0.1) is 5.02 Å². The molecule has 5 nitrogen and oxygen atoms in total. The number of halogens is 1. The number of nitrogens with zero attached hydrogens (tertiary/aromatic N) is 2. The van der Waals surface area contributed by atoms with Gasteiger partial charge in [0.1, 0.15) is 12.0 Å². The molecule has 0 spiro atoms. The second-order valence-electron chi connectivity index (χ2n) is 6.28. The molecule has 0 unspecified atom stereocenters. The van der Waals surface area contributed by atoms with Gasteiger partial charge in [0.25, 0.3) is 5.91 Å². The molecule has 0 saturated heterocycles.